The topological polar surface area (TPSA) is 67.6 Å². The Morgan fingerprint density at radius 2 is 2.31 bits per heavy atom. The number of oxazole rings is 1. The number of carbonyl (C=O) groups is 1. The minimum absolute atomic E-state index is 0.0115. The number of halogens is 1. The number of aromatic nitrogens is 1. The maximum atomic E-state index is 14.1. The van der Waals surface area contributed by atoms with E-state index in [-0.39, 0.29) is 23.3 Å². The predicted octanol–water partition coefficient (Wildman–Crippen LogP) is 2.76. The Morgan fingerprint density at radius 3 is 3.04 bits per heavy atom. The van der Waals surface area contributed by atoms with Gasteiger partial charge in [-0.05, 0) is 45.0 Å². The van der Waals surface area contributed by atoms with E-state index in [1.807, 2.05) is 13.8 Å². The lowest BCUT2D eigenvalue weighted by Gasteiger charge is -2.14. The first-order valence-corrected chi connectivity index (χ1v) is 8.82. The van der Waals surface area contributed by atoms with Gasteiger partial charge >= 0.3 is 0 Å². The minimum Gasteiger partial charge on any atom is -0.497 e. The van der Waals surface area contributed by atoms with E-state index in [1.54, 1.807) is 12.1 Å². The van der Waals surface area contributed by atoms with Crippen LogP contribution in [0.25, 0.3) is 11.5 Å². The molecule has 0 radical (unpaired) electrons. The summed E-state index contributed by atoms with van der Waals surface area (Å²) in [6.45, 7) is 6.49. The first-order chi connectivity index (χ1) is 12.5. The van der Waals surface area contributed by atoms with Gasteiger partial charge in [-0.2, -0.15) is 0 Å². The summed E-state index contributed by atoms with van der Waals surface area (Å²) in [5, 5.41) is 2.87. The van der Waals surface area contributed by atoms with Gasteiger partial charge in [-0.3, -0.25) is 9.69 Å². The maximum Gasteiger partial charge on any atom is 0.229 e. The predicted molar refractivity (Wildman–Crippen MR) is 95.3 cm³/mol. The van der Waals surface area contributed by atoms with Crippen LogP contribution in [-0.2, 0) is 11.3 Å². The number of benzene rings is 1. The molecule has 1 aromatic carbocycles. The molecule has 1 amide bonds. The number of hydrogen-bond donors (Lipinski definition) is 1. The van der Waals surface area contributed by atoms with E-state index < -0.39 is 5.82 Å². The average molecular weight is 361 g/mol. The Bertz CT molecular complexity index is 790. The third kappa shape index (κ3) is 3.88. The molecule has 1 fully saturated rings. The highest BCUT2D eigenvalue weighted by atomic mass is 19.1. The second kappa shape index (κ2) is 7.86. The Kier molecular flexibility index (Phi) is 5.56. The molecule has 1 aromatic heterocycles. The molecule has 1 aliphatic rings. The van der Waals surface area contributed by atoms with Crippen LogP contribution in [0.5, 0.6) is 5.75 Å². The van der Waals surface area contributed by atoms with E-state index in [1.165, 1.54) is 13.2 Å². The highest BCUT2D eigenvalue weighted by Gasteiger charge is 2.29. The minimum atomic E-state index is -0.406. The van der Waals surface area contributed by atoms with Crippen molar-refractivity contribution in [1.29, 1.82) is 0 Å². The second-order valence-corrected chi connectivity index (χ2v) is 6.48. The molecule has 1 aliphatic heterocycles. The Labute approximate surface area is 152 Å². The van der Waals surface area contributed by atoms with Crippen LogP contribution < -0.4 is 10.1 Å². The van der Waals surface area contributed by atoms with Crippen molar-refractivity contribution in [2.45, 2.75) is 26.8 Å². The summed E-state index contributed by atoms with van der Waals surface area (Å²) < 4.78 is 25.0. The highest BCUT2D eigenvalue weighted by Crippen LogP contribution is 2.29. The molecule has 2 heterocycles. The zero-order chi connectivity index (χ0) is 18.7. The molecule has 6 nitrogen and oxygen atoms in total. The van der Waals surface area contributed by atoms with Crippen LogP contribution in [0.15, 0.2) is 22.6 Å². The third-order valence-electron chi connectivity index (χ3n) is 4.66. The number of rotatable bonds is 6. The van der Waals surface area contributed by atoms with E-state index in [0.717, 1.165) is 18.7 Å². The summed E-state index contributed by atoms with van der Waals surface area (Å²) in [5.41, 5.74) is 1.04. The van der Waals surface area contributed by atoms with Crippen LogP contribution in [0.1, 0.15) is 24.8 Å². The van der Waals surface area contributed by atoms with Crippen molar-refractivity contribution in [2.75, 3.05) is 26.7 Å². The molecule has 2 aromatic rings. The summed E-state index contributed by atoms with van der Waals surface area (Å²) in [4.78, 5) is 18.6. The van der Waals surface area contributed by atoms with Crippen molar-refractivity contribution in [3.63, 3.8) is 0 Å². The number of methoxy groups -OCH3 is 1. The van der Waals surface area contributed by atoms with Gasteiger partial charge in [0.25, 0.3) is 0 Å². The number of amides is 1. The standard InChI is InChI=1S/C19H24FN3O3/c1-4-21-18(24)13-7-8-23(10-13)11-17-12(2)26-19(22-17)15-9-14(25-3)5-6-16(15)20/h5-6,9,13H,4,7-8,10-11H2,1-3H3,(H,21,24). The van der Waals surface area contributed by atoms with Gasteiger partial charge in [-0.25, -0.2) is 9.37 Å². The number of aryl methyl sites for hydroxylation is 1. The van der Waals surface area contributed by atoms with Crippen LogP contribution in [0.4, 0.5) is 4.39 Å². The van der Waals surface area contributed by atoms with Crippen molar-refractivity contribution in [3.8, 4) is 17.2 Å². The summed E-state index contributed by atoms with van der Waals surface area (Å²) >= 11 is 0. The van der Waals surface area contributed by atoms with Crippen molar-refractivity contribution in [1.82, 2.24) is 15.2 Å². The molecule has 0 bridgehead atoms. The molecular formula is C19H24FN3O3. The zero-order valence-corrected chi connectivity index (χ0v) is 15.3. The average Bonchev–Trinajstić information content (AvgIpc) is 3.23. The van der Waals surface area contributed by atoms with Gasteiger partial charge in [-0.1, -0.05) is 0 Å². The largest absolute Gasteiger partial charge is 0.497 e. The van der Waals surface area contributed by atoms with E-state index in [0.29, 0.717) is 31.1 Å². The number of nitrogens with one attached hydrogen (secondary N) is 1. The van der Waals surface area contributed by atoms with Crippen molar-refractivity contribution >= 4 is 5.91 Å². The smallest absolute Gasteiger partial charge is 0.229 e. The van der Waals surface area contributed by atoms with Gasteiger partial charge in [0, 0.05) is 19.6 Å². The van der Waals surface area contributed by atoms with Gasteiger partial charge in [0.1, 0.15) is 17.3 Å². The summed E-state index contributed by atoms with van der Waals surface area (Å²) in [7, 11) is 1.53. The van der Waals surface area contributed by atoms with Crippen LogP contribution in [-0.4, -0.2) is 42.5 Å². The molecule has 1 N–H and O–H groups in total. The van der Waals surface area contributed by atoms with Crippen LogP contribution in [0.2, 0.25) is 0 Å². The summed E-state index contributed by atoms with van der Waals surface area (Å²) in [5.74, 6) is 1.15. The SMILES string of the molecule is CCNC(=O)C1CCN(Cc2nc(-c3cc(OC)ccc3F)oc2C)C1. The molecule has 0 saturated carbocycles. The second-order valence-electron chi connectivity index (χ2n) is 6.48. The molecule has 26 heavy (non-hydrogen) atoms. The number of nitrogens with zero attached hydrogens (tertiary/aromatic N) is 2. The van der Waals surface area contributed by atoms with Crippen molar-refractivity contribution in [3.05, 3.63) is 35.5 Å². The lowest BCUT2D eigenvalue weighted by atomic mass is 10.1. The summed E-state index contributed by atoms with van der Waals surface area (Å²) in [6.07, 6.45) is 0.833. The van der Waals surface area contributed by atoms with E-state index in [4.69, 9.17) is 9.15 Å². The molecule has 3 rings (SSSR count). The molecular weight excluding hydrogens is 337 g/mol. The number of carbonyl (C=O) groups excluding carboxylic acids is 1. The van der Waals surface area contributed by atoms with Crippen LogP contribution in [0, 0.1) is 18.7 Å². The fraction of sp³-hybridized carbons (Fsp3) is 0.474. The van der Waals surface area contributed by atoms with E-state index in [9.17, 15) is 9.18 Å². The van der Waals surface area contributed by atoms with Crippen molar-refractivity contribution in [2.24, 2.45) is 5.92 Å². The fourth-order valence-corrected chi connectivity index (χ4v) is 3.21. The van der Waals surface area contributed by atoms with Gasteiger partial charge in [0.05, 0.1) is 24.3 Å². The Morgan fingerprint density at radius 1 is 1.50 bits per heavy atom. The normalized spacial score (nSPS) is 17.5. The van der Waals surface area contributed by atoms with Gasteiger partial charge in [-0.15, -0.1) is 0 Å². The highest BCUT2D eigenvalue weighted by molar-refractivity contribution is 5.79. The molecule has 140 valence electrons. The number of hydrogen-bond acceptors (Lipinski definition) is 5. The first-order valence-electron chi connectivity index (χ1n) is 8.82. The number of ether oxygens (including phenoxy) is 1. The monoisotopic (exact) mass is 361 g/mol. The lowest BCUT2D eigenvalue weighted by Crippen LogP contribution is -2.32. The van der Waals surface area contributed by atoms with Gasteiger partial charge < -0.3 is 14.5 Å². The molecule has 1 saturated heterocycles. The van der Waals surface area contributed by atoms with Gasteiger partial charge in [0.2, 0.25) is 11.8 Å². The Balaban J connectivity index is 1.73. The van der Waals surface area contributed by atoms with Crippen molar-refractivity contribution < 1.29 is 18.3 Å². The fourth-order valence-electron chi connectivity index (χ4n) is 3.21. The first kappa shape index (κ1) is 18.4. The molecule has 0 spiro atoms. The molecule has 1 atom stereocenters. The van der Waals surface area contributed by atoms with E-state index >= 15 is 0 Å². The third-order valence-corrected chi connectivity index (χ3v) is 4.66. The lowest BCUT2D eigenvalue weighted by molar-refractivity contribution is -0.124. The Hall–Kier alpha value is -2.41. The van der Waals surface area contributed by atoms with Gasteiger partial charge in [0.15, 0.2) is 0 Å². The molecule has 0 aliphatic carbocycles. The molecule has 7 heteroatoms. The number of likely N-dealkylation sites (tertiary alicyclic amines) is 1. The quantitative estimate of drug-likeness (QED) is 0.857. The zero-order valence-electron chi connectivity index (χ0n) is 15.3. The summed E-state index contributed by atoms with van der Waals surface area (Å²) in [6, 6.07) is 4.47. The van der Waals surface area contributed by atoms with Crippen LogP contribution >= 0.6 is 0 Å². The van der Waals surface area contributed by atoms with Crippen LogP contribution in [0.3, 0.4) is 0 Å². The maximum absolute atomic E-state index is 14.1. The van der Waals surface area contributed by atoms with E-state index in [2.05, 4.69) is 15.2 Å². The molecule has 1 unspecified atom stereocenters.